The molecular weight excluding hydrogens is 190 g/mol. The number of nitrogens with zero attached hydrogens (tertiary/aromatic N) is 2. The van der Waals surface area contributed by atoms with Crippen LogP contribution in [-0.4, -0.2) is 55.5 Å². The third-order valence-electron chi connectivity index (χ3n) is 3.27. The Hall–Kier alpha value is -0.610. The summed E-state index contributed by atoms with van der Waals surface area (Å²) >= 11 is 0. The molecule has 1 saturated heterocycles. The fraction of sp³-hybridized carbons (Fsp3) is 0.909. The topological polar surface area (TPSA) is 49.6 Å². The Kier molecular flexibility index (Phi) is 4.54. The van der Waals surface area contributed by atoms with Crippen molar-refractivity contribution >= 4 is 5.91 Å². The molecule has 2 unspecified atom stereocenters. The molecule has 1 heterocycles. The number of rotatable bonds is 3. The number of carbonyl (C=O) groups is 1. The van der Waals surface area contributed by atoms with E-state index in [0.717, 1.165) is 19.5 Å². The number of carbonyl (C=O) groups excluding carboxylic acids is 1. The predicted molar refractivity (Wildman–Crippen MR) is 61.5 cm³/mol. The highest BCUT2D eigenvalue weighted by Gasteiger charge is 2.26. The average molecular weight is 213 g/mol. The van der Waals surface area contributed by atoms with Gasteiger partial charge >= 0.3 is 0 Å². The van der Waals surface area contributed by atoms with Gasteiger partial charge in [-0.3, -0.25) is 4.79 Å². The second-order valence-corrected chi connectivity index (χ2v) is 4.64. The van der Waals surface area contributed by atoms with Gasteiger partial charge in [-0.1, -0.05) is 6.92 Å². The number of hydrogen-bond donors (Lipinski definition) is 1. The van der Waals surface area contributed by atoms with Crippen molar-refractivity contribution in [2.24, 2.45) is 11.7 Å². The molecule has 88 valence electrons. The van der Waals surface area contributed by atoms with E-state index in [1.54, 1.807) is 0 Å². The van der Waals surface area contributed by atoms with Crippen molar-refractivity contribution in [3.63, 3.8) is 0 Å². The molecule has 0 aliphatic carbocycles. The van der Waals surface area contributed by atoms with Crippen LogP contribution in [-0.2, 0) is 4.79 Å². The quantitative estimate of drug-likeness (QED) is 0.725. The summed E-state index contributed by atoms with van der Waals surface area (Å²) in [6, 6.07) is 0.366. The van der Waals surface area contributed by atoms with Crippen LogP contribution in [0.1, 0.15) is 19.8 Å². The first kappa shape index (κ1) is 12.5. The van der Waals surface area contributed by atoms with E-state index in [4.69, 9.17) is 5.73 Å². The highest BCUT2D eigenvalue weighted by atomic mass is 16.2. The monoisotopic (exact) mass is 213 g/mol. The van der Waals surface area contributed by atoms with E-state index < -0.39 is 0 Å². The maximum atomic E-state index is 11.9. The summed E-state index contributed by atoms with van der Waals surface area (Å²) in [6.45, 7) is 4.46. The second kappa shape index (κ2) is 5.47. The second-order valence-electron chi connectivity index (χ2n) is 4.64. The lowest BCUT2D eigenvalue weighted by molar-refractivity contribution is -0.136. The van der Waals surface area contributed by atoms with Crippen LogP contribution in [0.3, 0.4) is 0 Å². The molecule has 1 aliphatic heterocycles. The number of nitrogens with two attached hydrogens (primary N) is 1. The Labute approximate surface area is 92.4 Å². The molecule has 0 aromatic rings. The molecule has 0 spiro atoms. The van der Waals surface area contributed by atoms with E-state index in [1.165, 1.54) is 6.42 Å². The van der Waals surface area contributed by atoms with E-state index in [9.17, 15) is 4.79 Å². The van der Waals surface area contributed by atoms with Crippen LogP contribution in [0.5, 0.6) is 0 Å². The molecule has 2 atom stereocenters. The van der Waals surface area contributed by atoms with Crippen molar-refractivity contribution in [3.05, 3.63) is 0 Å². The summed E-state index contributed by atoms with van der Waals surface area (Å²) in [4.78, 5) is 16.1. The van der Waals surface area contributed by atoms with Crippen molar-refractivity contribution in [2.75, 3.05) is 33.7 Å². The van der Waals surface area contributed by atoms with Gasteiger partial charge in [0.25, 0.3) is 0 Å². The molecule has 4 nitrogen and oxygen atoms in total. The van der Waals surface area contributed by atoms with E-state index in [-0.39, 0.29) is 11.8 Å². The molecule has 1 rings (SSSR count). The number of piperidine rings is 1. The maximum absolute atomic E-state index is 11.9. The zero-order valence-corrected chi connectivity index (χ0v) is 10.1. The van der Waals surface area contributed by atoms with Crippen LogP contribution in [0.4, 0.5) is 0 Å². The first-order valence-electron chi connectivity index (χ1n) is 5.71. The SMILES string of the molecule is CC(CN)C(=O)N(C)C1CCCN(C)C1. The molecule has 1 fully saturated rings. The van der Waals surface area contributed by atoms with Gasteiger partial charge in [0.15, 0.2) is 0 Å². The van der Waals surface area contributed by atoms with Crippen LogP contribution in [0.15, 0.2) is 0 Å². The van der Waals surface area contributed by atoms with Gasteiger partial charge < -0.3 is 15.5 Å². The van der Waals surface area contributed by atoms with Gasteiger partial charge in [-0.15, -0.1) is 0 Å². The number of hydrogen-bond acceptors (Lipinski definition) is 3. The third kappa shape index (κ3) is 3.18. The van der Waals surface area contributed by atoms with Crippen molar-refractivity contribution < 1.29 is 4.79 Å². The minimum absolute atomic E-state index is 0.0535. The smallest absolute Gasteiger partial charge is 0.226 e. The Morgan fingerprint density at radius 2 is 2.33 bits per heavy atom. The van der Waals surface area contributed by atoms with E-state index in [2.05, 4.69) is 11.9 Å². The number of likely N-dealkylation sites (tertiary alicyclic amines) is 1. The number of likely N-dealkylation sites (N-methyl/N-ethyl adjacent to an activating group) is 2. The zero-order chi connectivity index (χ0) is 11.4. The fourth-order valence-corrected chi connectivity index (χ4v) is 2.08. The van der Waals surface area contributed by atoms with Gasteiger partial charge in [0.1, 0.15) is 0 Å². The largest absolute Gasteiger partial charge is 0.341 e. The standard InChI is InChI=1S/C11H23N3O/c1-9(7-12)11(15)14(3)10-5-4-6-13(2)8-10/h9-10H,4-8,12H2,1-3H3. The highest BCUT2D eigenvalue weighted by molar-refractivity contribution is 5.78. The Bertz CT molecular complexity index is 220. The Balaban J connectivity index is 2.51. The van der Waals surface area contributed by atoms with Crippen molar-refractivity contribution in [3.8, 4) is 0 Å². The minimum atomic E-state index is -0.0535. The average Bonchev–Trinajstić information content (AvgIpc) is 2.26. The molecule has 0 radical (unpaired) electrons. The molecule has 4 heteroatoms. The normalized spacial score (nSPS) is 24.9. The molecule has 0 aromatic carbocycles. The first-order valence-corrected chi connectivity index (χ1v) is 5.71. The summed E-state index contributed by atoms with van der Waals surface area (Å²) < 4.78 is 0. The minimum Gasteiger partial charge on any atom is -0.341 e. The van der Waals surface area contributed by atoms with Crippen molar-refractivity contribution in [1.82, 2.24) is 9.80 Å². The molecule has 15 heavy (non-hydrogen) atoms. The summed E-state index contributed by atoms with van der Waals surface area (Å²) in [7, 11) is 4.01. The molecule has 0 aromatic heterocycles. The van der Waals surface area contributed by atoms with Gasteiger partial charge in [-0.05, 0) is 26.4 Å². The fourth-order valence-electron chi connectivity index (χ4n) is 2.08. The van der Waals surface area contributed by atoms with E-state index >= 15 is 0 Å². The van der Waals surface area contributed by atoms with Gasteiger partial charge in [0, 0.05) is 32.1 Å². The molecule has 2 N–H and O–H groups in total. The first-order chi connectivity index (χ1) is 7.06. The third-order valence-corrected chi connectivity index (χ3v) is 3.27. The summed E-state index contributed by atoms with van der Waals surface area (Å²) in [5.74, 6) is 0.125. The van der Waals surface area contributed by atoms with Crippen LogP contribution < -0.4 is 5.73 Å². The molecule has 1 amide bonds. The summed E-state index contributed by atoms with van der Waals surface area (Å²) in [5.41, 5.74) is 5.51. The predicted octanol–water partition coefficient (Wildman–Crippen LogP) is 0.134. The Morgan fingerprint density at radius 1 is 1.67 bits per heavy atom. The van der Waals surface area contributed by atoms with Gasteiger partial charge in [0.05, 0.1) is 0 Å². The van der Waals surface area contributed by atoms with Gasteiger partial charge in [-0.25, -0.2) is 0 Å². The Morgan fingerprint density at radius 3 is 2.87 bits per heavy atom. The molecule has 0 saturated carbocycles. The van der Waals surface area contributed by atoms with Gasteiger partial charge in [0.2, 0.25) is 5.91 Å². The zero-order valence-electron chi connectivity index (χ0n) is 10.1. The molecule has 0 bridgehead atoms. The number of amides is 1. The molecule has 1 aliphatic rings. The maximum Gasteiger partial charge on any atom is 0.226 e. The van der Waals surface area contributed by atoms with Crippen molar-refractivity contribution in [1.29, 1.82) is 0 Å². The lowest BCUT2D eigenvalue weighted by Gasteiger charge is -2.36. The van der Waals surface area contributed by atoms with Crippen LogP contribution >= 0.6 is 0 Å². The summed E-state index contributed by atoms with van der Waals surface area (Å²) in [5, 5.41) is 0. The van der Waals surface area contributed by atoms with E-state index in [0.29, 0.717) is 12.6 Å². The highest BCUT2D eigenvalue weighted by Crippen LogP contribution is 2.15. The van der Waals surface area contributed by atoms with Crippen LogP contribution in [0, 0.1) is 5.92 Å². The lowest BCUT2D eigenvalue weighted by Crippen LogP contribution is -2.49. The lowest BCUT2D eigenvalue weighted by atomic mass is 10.0. The molecular formula is C11H23N3O. The summed E-state index contributed by atoms with van der Waals surface area (Å²) in [6.07, 6.45) is 2.29. The van der Waals surface area contributed by atoms with Gasteiger partial charge in [-0.2, -0.15) is 0 Å². The van der Waals surface area contributed by atoms with Crippen molar-refractivity contribution in [2.45, 2.75) is 25.8 Å². The van der Waals surface area contributed by atoms with Crippen LogP contribution in [0.25, 0.3) is 0 Å². The van der Waals surface area contributed by atoms with Crippen LogP contribution in [0.2, 0.25) is 0 Å². The van der Waals surface area contributed by atoms with E-state index in [1.807, 2.05) is 18.9 Å².